The second kappa shape index (κ2) is 10.8. The van der Waals surface area contributed by atoms with Crippen LogP contribution in [0.1, 0.15) is 16.8 Å². The van der Waals surface area contributed by atoms with Gasteiger partial charge in [-0.3, -0.25) is 13.9 Å². The van der Waals surface area contributed by atoms with E-state index in [1.165, 1.54) is 36.3 Å². The molecule has 0 saturated carbocycles. The van der Waals surface area contributed by atoms with Gasteiger partial charge in [0.1, 0.15) is 18.7 Å². The van der Waals surface area contributed by atoms with Gasteiger partial charge in [-0.15, -0.1) is 0 Å². The van der Waals surface area contributed by atoms with E-state index in [0.717, 1.165) is 43.6 Å². The van der Waals surface area contributed by atoms with Crippen LogP contribution in [-0.4, -0.2) is 65.7 Å². The van der Waals surface area contributed by atoms with Crippen LogP contribution < -0.4 is 20.0 Å². The maximum Gasteiger partial charge on any atom is 0.264 e. The Morgan fingerprint density at radius 2 is 1.89 bits per heavy atom. The predicted octanol–water partition coefficient (Wildman–Crippen LogP) is 1.04. The zero-order valence-corrected chi connectivity index (χ0v) is 20.9. The van der Waals surface area contributed by atoms with Crippen molar-refractivity contribution in [3.8, 4) is 0 Å². The number of rotatable bonds is 8. The SMILES string of the molecule is CN(c1ccc(Cl)cc1)S(=O)(=O)c1ccc2[nH]cc(C(=O)NCCC[NH+]3CCOCC3)c(=O)c2c1. The fraction of sp³-hybridized carbons (Fsp3) is 0.333. The fourth-order valence-electron chi connectivity index (χ4n) is 4.02. The van der Waals surface area contributed by atoms with Crippen LogP contribution in [0.4, 0.5) is 5.69 Å². The van der Waals surface area contributed by atoms with E-state index in [2.05, 4.69) is 10.3 Å². The molecule has 3 aromatic rings. The lowest BCUT2D eigenvalue weighted by molar-refractivity contribution is -0.908. The number of fused-ring (bicyclic) bond motifs is 1. The quantitative estimate of drug-likeness (QED) is 0.385. The monoisotopic (exact) mass is 519 g/mol. The normalized spacial score (nSPS) is 14.7. The van der Waals surface area contributed by atoms with Crippen LogP contribution in [0.3, 0.4) is 0 Å². The average molecular weight is 520 g/mol. The Morgan fingerprint density at radius 3 is 2.60 bits per heavy atom. The lowest BCUT2D eigenvalue weighted by atomic mass is 10.1. The standard InChI is InChI=1S/C24H27ClN4O5S/c1-28(18-5-3-17(25)4-6-18)35(32,33)19-7-8-22-20(15-19)23(30)21(16-27-22)24(31)26-9-2-10-29-11-13-34-14-12-29/h3-8,15-16H,2,9-14H2,1H3,(H,26,31)(H,27,30)/p+1. The first kappa shape index (κ1) is 25.2. The summed E-state index contributed by atoms with van der Waals surface area (Å²) in [6, 6.07) is 10.6. The number of aromatic nitrogens is 1. The Labute approximate surface area is 208 Å². The first-order chi connectivity index (χ1) is 16.8. The number of sulfonamides is 1. The molecule has 4 rings (SSSR count). The van der Waals surface area contributed by atoms with Crippen molar-refractivity contribution in [1.29, 1.82) is 0 Å². The van der Waals surface area contributed by atoms with Gasteiger partial charge in [-0.2, -0.15) is 0 Å². The number of aromatic amines is 1. The number of hydrogen-bond acceptors (Lipinski definition) is 5. The summed E-state index contributed by atoms with van der Waals surface area (Å²) >= 11 is 5.90. The van der Waals surface area contributed by atoms with Crippen molar-refractivity contribution < 1.29 is 22.8 Å². The highest BCUT2D eigenvalue weighted by molar-refractivity contribution is 7.92. The van der Waals surface area contributed by atoms with E-state index in [4.69, 9.17) is 16.3 Å². The van der Waals surface area contributed by atoms with Crippen molar-refractivity contribution in [3.05, 3.63) is 69.5 Å². The van der Waals surface area contributed by atoms with Crippen LogP contribution in [0.25, 0.3) is 10.9 Å². The number of carbonyl (C=O) groups excluding carboxylic acids is 1. The average Bonchev–Trinajstić information content (AvgIpc) is 2.87. The van der Waals surface area contributed by atoms with Crippen LogP contribution in [0.15, 0.2) is 58.4 Å². The number of halogens is 1. The van der Waals surface area contributed by atoms with Crippen LogP contribution in [0.5, 0.6) is 0 Å². The van der Waals surface area contributed by atoms with Gasteiger partial charge in [-0.25, -0.2) is 8.42 Å². The van der Waals surface area contributed by atoms with Gasteiger partial charge in [0.25, 0.3) is 15.9 Å². The van der Waals surface area contributed by atoms with Crippen molar-refractivity contribution in [2.75, 3.05) is 50.7 Å². The number of nitrogens with one attached hydrogen (secondary N) is 3. The molecule has 9 nitrogen and oxygen atoms in total. The highest BCUT2D eigenvalue weighted by Gasteiger charge is 2.23. The molecular weight excluding hydrogens is 492 g/mol. The number of quaternary nitrogens is 1. The van der Waals surface area contributed by atoms with Gasteiger partial charge >= 0.3 is 0 Å². The number of pyridine rings is 1. The summed E-state index contributed by atoms with van der Waals surface area (Å²) in [6.45, 7) is 4.78. The smallest absolute Gasteiger partial charge is 0.264 e. The van der Waals surface area contributed by atoms with E-state index in [0.29, 0.717) is 22.8 Å². The van der Waals surface area contributed by atoms with Gasteiger partial charge in [0, 0.05) is 42.1 Å². The summed E-state index contributed by atoms with van der Waals surface area (Å²) in [5.74, 6) is -0.489. The molecule has 2 aromatic carbocycles. The van der Waals surface area contributed by atoms with Crippen molar-refractivity contribution in [1.82, 2.24) is 10.3 Å². The minimum absolute atomic E-state index is 0.0565. The van der Waals surface area contributed by atoms with E-state index in [9.17, 15) is 18.0 Å². The first-order valence-corrected chi connectivity index (χ1v) is 13.2. The number of ether oxygens (including phenoxy) is 1. The second-order valence-electron chi connectivity index (χ2n) is 8.41. The van der Waals surface area contributed by atoms with Crippen molar-refractivity contribution in [3.63, 3.8) is 0 Å². The number of amides is 1. The second-order valence-corrected chi connectivity index (χ2v) is 10.8. The Balaban J connectivity index is 1.51. The van der Waals surface area contributed by atoms with Crippen molar-refractivity contribution >= 4 is 44.1 Å². The topological polar surface area (TPSA) is 113 Å². The molecule has 2 heterocycles. The Hall–Kier alpha value is -2.92. The molecule has 35 heavy (non-hydrogen) atoms. The molecule has 0 aliphatic carbocycles. The molecule has 0 bridgehead atoms. The molecule has 1 amide bonds. The molecule has 11 heteroatoms. The summed E-state index contributed by atoms with van der Waals surface area (Å²) < 4.78 is 32.8. The number of morpholine rings is 1. The van der Waals surface area contributed by atoms with Crippen LogP contribution >= 0.6 is 11.6 Å². The number of H-pyrrole nitrogens is 1. The molecular formula is C24H28ClN4O5S+. The number of benzene rings is 2. The van der Waals surface area contributed by atoms with E-state index in [1.807, 2.05) is 0 Å². The van der Waals surface area contributed by atoms with E-state index < -0.39 is 21.4 Å². The molecule has 3 N–H and O–H groups in total. The summed E-state index contributed by atoms with van der Waals surface area (Å²) in [7, 11) is -2.52. The van der Waals surface area contributed by atoms with E-state index in [1.54, 1.807) is 24.3 Å². The van der Waals surface area contributed by atoms with Gasteiger partial charge in [-0.1, -0.05) is 11.6 Å². The van der Waals surface area contributed by atoms with Gasteiger partial charge in [-0.05, 0) is 42.5 Å². The highest BCUT2D eigenvalue weighted by atomic mass is 35.5. The van der Waals surface area contributed by atoms with Crippen molar-refractivity contribution in [2.45, 2.75) is 11.3 Å². The third kappa shape index (κ3) is 5.67. The molecule has 1 aliphatic heterocycles. The number of anilines is 1. The summed E-state index contributed by atoms with van der Waals surface area (Å²) in [5, 5.41) is 3.41. The van der Waals surface area contributed by atoms with Gasteiger partial charge in [0.15, 0.2) is 0 Å². The highest BCUT2D eigenvalue weighted by Crippen LogP contribution is 2.25. The summed E-state index contributed by atoms with van der Waals surface area (Å²) in [4.78, 5) is 30.1. The van der Waals surface area contributed by atoms with Gasteiger partial charge in [0.05, 0.1) is 30.3 Å². The number of hydrogen-bond donors (Lipinski definition) is 3. The third-order valence-corrected chi connectivity index (χ3v) is 8.17. The largest absolute Gasteiger partial charge is 0.370 e. The third-order valence-electron chi connectivity index (χ3n) is 6.14. The first-order valence-electron chi connectivity index (χ1n) is 11.4. The lowest BCUT2D eigenvalue weighted by Gasteiger charge is -2.23. The molecule has 0 radical (unpaired) electrons. The van der Waals surface area contributed by atoms with Gasteiger partial charge < -0.3 is 19.9 Å². The predicted molar refractivity (Wildman–Crippen MR) is 135 cm³/mol. The molecule has 186 valence electrons. The Kier molecular flexibility index (Phi) is 7.75. The minimum Gasteiger partial charge on any atom is -0.370 e. The number of nitrogens with zero attached hydrogens (tertiary/aromatic N) is 1. The van der Waals surface area contributed by atoms with E-state index >= 15 is 0 Å². The maximum atomic E-state index is 13.2. The number of carbonyl (C=O) groups is 1. The molecule has 1 aliphatic rings. The molecule has 1 aromatic heterocycles. The molecule has 1 saturated heterocycles. The zero-order chi connectivity index (χ0) is 25.0. The van der Waals surface area contributed by atoms with Crippen LogP contribution in [-0.2, 0) is 14.8 Å². The summed E-state index contributed by atoms with van der Waals surface area (Å²) in [6.07, 6.45) is 2.15. The maximum absolute atomic E-state index is 13.2. The van der Waals surface area contributed by atoms with Crippen molar-refractivity contribution in [2.24, 2.45) is 0 Å². The Bertz CT molecular complexity index is 1370. The molecule has 0 atom stereocenters. The van der Waals surface area contributed by atoms with Gasteiger partial charge in [0.2, 0.25) is 5.43 Å². The molecule has 0 spiro atoms. The molecule has 0 unspecified atom stereocenters. The zero-order valence-electron chi connectivity index (χ0n) is 19.3. The fourth-order valence-corrected chi connectivity index (χ4v) is 5.37. The minimum atomic E-state index is -3.95. The lowest BCUT2D eigenvalue weighted by Crippen LogP contribution is -3.14. The molecule has 1 fully saturated rings. The van der Waals surface area contributed by atoms with E-state index in [-0.39, 0.29) is 15.8 Å². The van der Waals surface area contributed by atoms with Crippen LogP contribution in [0, 0.1) is 0 Å². The Morgan fingerprint density at radius 1 is 1.17 bits per heavy atom. The summed E-state index contributed by atoms with van der Waals surface area (Å²) in [5.41, 5.74) is 0.282. The van der Waals surface area contributed by atoms with Crippen LogP contribution in [0.2, 0.25) is 5.02 Å².